The van der Waals surface area contributed by atoms with Crippen LogP contribution >= 0.6 is 0 Å². The van der Waals surface area contributed by atoms with Crippen LogP contribution in [0.2, 0.25) is 0 Å². The highest BCUT2D eigenvalue weighted by Crippen LogP contribution is 2.23. The molecule has 0 aliphatic carbocycles. The summed E-state index contributed by atoms with van der Waals surface area (Å²) in [4.78, 5) is 12.9. The van der Waals surface area contributed by atoms with Crippen LogP contribution in [-0.2, 0) is 19.9 Å². The van der Waals surface area contributed by atoms with E-state index in [1.54, 1.807) is 19.1 Å². The van der Waals surface area contributed by atoms with Gasteiger partial charge in [-0.2, -0.15) is 4.31 Å². The van der Waals surface area contributed by atoms with E-state index in [0.717, 1.165) is 0 Å². The third kappa shape index (κ3) is 6.13. The van der Waals surface area contributed by atoms with Crippen molar-refractivity contribution in [2.75, 3.05) is 24.2 Å². The molecule has 10 nitrogen and oxygen atoms in total. The Balaban J connectivity index is 1.71. The normalized spacial score (nSPS) is 12.1. The van der Waals surface area contributed by atoms with Gasteiger partial charge >= 0.3 is 6.01 Å². The van der Waals surface area contributed by atoms with Crippen LogP contribution in [0.3, 0.4) is 0 Å². The second kappa shape index (κ2) is 11.1. The molecule has 35 heavy (non-hydrogen) atoms. The lowest BCUT2D eigenvalue weighted by atomic mass is 10.2. The highest BCUT2D eigenvalue weighted by Gasteiger charge is 2.23. The fourth-order valence-corrected chi connectivity index (χ4v) is 5.82. The number of nitrogens with one attached hydrogen (secondary N) is 1. The molecule has 0 saturated heterocycles. The van der Waals surface area contributed by atoms with E-state index in [1.165, 1.54) is 40.7 Å². The van der Waals surface area contributed by atoms with Gasteiger partial charge in [-0.05, 0) is 61.4 Å². The lowest BCUT2D eigenvalue weighted by Gasteiger charge is -2.21. The van der Waals surface area contributed by atoms with E-state index in [1.807, 2.05) is 13.8 Å². The lowest BCUT2D eigenvalue weighted by Crippen LogP contribution is -2.32. The van der Waals surface area contributed by atoms with Crippen LogP contribution in [0, 0.1) is 0 Å². The SMILES string of the molecule is CCCN(CCC)S(=O)(=O)c1ccc(C(=O)Nc2nnc(-c3ccc(S(=O)(=O)CC)cc3)o2)cc1. The standard InChI is InChI=1S/C23H28N4O6S2/c1-4-15-27(16-5-2)35(31,32)20-13-7-17(8-14-20)21(28)24-23-26-25-22(33-23)18-9-11-19(12-10-18)34(29,30)6-3/h7-14H,4-6,15-16H2,1-3H3,(H,24,26,28). The summed E-state index contributed by atoms with van der Waals surface area (Å²) in [5, 5.41) is 10.2. The second-order valence-corrected chi connectivity index (χ2v) is 11.9. The van der Waals surface area contributed by atoms with Crippen molar-refractivity contribution < 1.29 is 26.0 Å². The van der Waals surface area contributed by atoms with Gasteiger partial charge in [-0.15, -0.1) is 5.10 Å². The van der Waals surface area contributed by atoms with Crippen LogP contribution in [-0.4, -0.2) is 56.1 Å². The highest BCUT2D eigenvalue weighted by atomic mass is 32.2. The first kappa shape index (κ1) is 26.5. The Labute approximate surface area is 205 Å². The van der Waals surface area contributed by atoms with Crippen molar-refractivity contribution in [1.29, 1.82) is 0 Å². The molecule has 3 rings (SSSR count). The summed E-state index contributed by atoms with van der Waals surface area (Å²) < 4.78 is 56.5. The average Bonchev–Trinajstić information content (AvgIpc) is 3.32. The zero-order valence-electron chi connectivity index (χ0n) is 19.8. The molecular formula is C23H28N4O6S2. The summed E-state index contributed by atoms with van der Waals surface area (Å²) in [6.07, 6.45) is 1.40. The van der Waals surface area contributed by atoms with Crippen molar-refractivity contribution in [3.05, 3.63) is 54.1 Å². The van der Waals surface area contributed by atoms with E-state index in [2.05, 4.69) is 15.5 Å². The zero-order chi connectivity index (χ0) is 25.6. The minimum absolute atomic E-state index is 0.00820. The van der Waals surface area contributed by atoms with Crippen LogP contribution < -0.4 is 5.32 Å². The van der Waals surface area contributed by atoms with Crippen LogP contribution in [0.5, 0.6) is 0 Å². The van der Waals surface area contributed by atoms with Gasteiger partial charge in [-0.25, -0.2) is 16.8 Å². The van der Waals surface area contributed by atoms with Gasteiger partial charge in [-0.3, -0.25) is 10.1 Å². The topological polar surface area (TPSA) is 140 Å². The van der Waals surface area contributed by atoms with Crippen LogP contribution in [0.15, 0.2) is 62.7 Å². The molecule has 2 aromatic carbocycles. The highest BCUT2D eigenvalue weighted by molar-refractivity contribution is 7.91. The largest absolute Gasteiger partial charge is 0.403 e. The fourth-order valence-electron chi connectivity index (χ4n) is 3.31. The number of sulfonamides is 1. The monoisotopic (exact) mass is 520 g/mol. The summed E-state index contributed by atoms with van der Waals surface area (Å²) in [7, 11) is -6.97. The molecule has 0 unspecified atom stereocenters. The predicted octanol–water partition coefficient (Wildman–Crippen LogP) is 3.59. The number of hydrogen-bond donors (Lipinski definition) is 1. The molecule has 188 valence electrons. The van der Waals surface area contributed by atoms with Gasteiger partial charge in [0.05, 0.1) is 15.5 Å². The Kier molecular flexibility index (Phi) is 8.41. The Hall–Kier alpha value is -3.09. The van der Waals surface area contributed by atoms with Crippen molar-refractivity contribution in [2.45, 2.75) is 43.4 Å². The van der Waals surface area contributed by atoms with Crippen molar-refractivity contribution in [2.24, 2.45) is 0 Å². The molecule has 0 bridgehead atoms. The first-order chi connectivity index (χ1) is 16.6. The smallest absolute Gasteiger partial charge is 0.322 e. The Bertz CT molecular complexity index is 1360. The van der Waals surface area contributed by atoms with E-state index in [9.17, 15) is 21.6 Å². The molecule has 1 N–H and O–H groups in total. The molecule has 0 fully saturated rings. The lowest BCUT2D eigenvalue weighted by molar-refractivity contribution is 0.102. The Morgan fingerprint density at radius 2 is 1.43 bits per heavy atom. The van der Waals surface area contributed by atoms with E-state index in [0.29, 0.717) is 31.5 Å². The third-order valence-corrected chi connectivity index (χ3v) is 8.85. The Morgan fingerprint density at radius 3 is 1.97 bits per heavy atom. The summed E-state index contributed by atoms with van der Waals surface area (Å²) in [6.45, 7) is 6.25. The summed E-state index contributed by atoms with van der Waals surface area (Å²) in [5.74, 6) is -0.451. The molecule has 1 aromatic heterocycles. The first-order valence-electron chi connectivity index (χ1n) is 11.2. The summed E-state index contributed by atoms with van der Waals surface area (Å²) >= 11 is 0. The second-order valence-electron chi connectivity index (χ2n) is 7.72. The van der Waals surface area contributed by atoms with Crippen molar-refractivity contribution in [3.63, 3.8) is 0 Å². The van der Waals surface area contributed by atoms with Gasteiger partial charge in [0, 0.05) is 24.2 Å². The van der Waals surface area contributed by atoms with Crippen molar-refractivity contribution in [3.8, 4) is 11.5 Å². The molecule has 1 heterocycles. The Morgan fingerprint density at radius 1 is 0.857 bits per heavy atom. The van der Waals surface area contributed by atoms with Crippen LogP contribution in [0.1, 0.15) is 44.0 Å². The van der Waals surface area contributed by atoms with Gasteiger partial charge in [0.15, 0.2) is 9.84 Å². The first-order valence-corrected chi connectivity index (χ1v) is 14.3. The van der Waals surface area contributed by atoms with E-state index in [-0.39, 0.29) is 33.0 Å². The number of aromatic nitrogens is 2. The number of rotatable bonds is 11. The number of carbonyl (C=O) groups is 1. The maximum atomic E-state index is 12.9. The number of carbonyl (C=O) groups excluding carboxylic acids is 1. The molecule has 0 aliphatic rings. The fraction of sp³-hybridized carbons (Fsp3) is 0.348. The predicted molar refractivity (Wildman–Crippen MR) is 131 cm³/mol. The summed E-state index contributed by atoms with van der Waals surface area (Å²) in [5.41, 5.74) is 0.710. The third-order valence-electron chi connectivity index (χ3n) is 5.19. The van der Waals surface area contributed by atoms with Gasteiger partial charge in [-0.1, -0.05) is 25.9 Å². The van der Waals surface area contributed by atoms with E-state index in [4.69, 9.17) is 4.42 Å². The molecule has 3 aromatic rings. The van der Waals surface area contributed by atoms with Gasteiger partial charge in [0.25, 0.3) is 5.91 Å². The van der Waals surface area contributed by atoms with Gasteiger partial charge < -0.3 is 4.42 Å². The molecule has 0 spiro atoms. The van der Waals surface area contributed by atoms with Crippen LogP contribution in [0.4, 0.5) is 6.01 Å². The van der Waals surface area contributed by atoms with Crippen molar-refractivity contribution in [1.82, 2.24) is 14.5 Å². The molecular weight excluding hydrogens is 492 g/mol. The number of sulfone groups is 1. The van der Waals surface area contributed by atoms with Crippen LogP contribution in [0.25, 0.3) is 11.5 Å². The molecule has 1 amide bonds. The number of benzene rings is 2. The number of anilines is 1. The average molecular weight is 521 g/mol. The zero-order valence-corrected chi connectivity index (χ0v) is 21.4. The minimum atomic E-state index is -3.65. The van der Waals surface area contributed by atoms with E-state index < -0.39 is 25.8 Å². The maximum Gasteiger partial charge on any atom is 0.322 e. The van der Waals surface area contributed by atoms with E-state index >= 15 is 0 Å². The van der Waals surface area contributed by atoms with Gasteiger partial charge in [0.2, 0.25) is 15.9 Å². The molecule has 12 heteroatoms. The molecule has 0 saturated carbocycles. The molecule has 0 aliphatic heterocycles. The quantitative estimate of drug-likeness (QED) is 0.405. The molecule has 0 radical (unpaired) electrons. The minimum Gasteiger partial charge on any atom is -0.403 e. The summed E-state index contributed by atoms with van der Waals surface area (Å²) in [6, 6.07) is 11.5. The van der Waals surface area contributed by atoms with Crippen molar-refractivity contribution >= 4 is 31.8 Å². The van der Waals surface area contributed by atoms with Gasteiger partial charge in [0.1, 0.15) is 0 Å². The maximum absolute atomic E-state index is 12.9. The number of nitrogens with zero attached hydrogens (tertiary/aromatic N) is 3. The molecule has 0 atom stereocenters. The number of hydrogen-bond acceptors (Lipinski definition) is 8. The number of amides is 1.